The number of aromatic nitrogens is 2. The van der Waals surface area contributed by atoms with Gasteiger partial charge in [-0.3, -0.25) is 9.59 Å². The summed E-state index contributed by atoms with van der Waals surface area (Å²) in [5, 5.41) is 4.88. The molecular weight excluding hydrogens is 448 g/mol. The first kappa shape index (κ1) is 23.5. The van der Waals surface area contributed by atoms with Gasteiger partial charge in [-0.1, -0.05) is 78.9 Å². The monoisotopic (exact) mass is 478 g/mol. The molecule has 182 valence electrons. The Labute approximate surface area is 211 Å². The number of amides is 2. The molecule has 1 aliphatic heterocycles. The molecule has 1 unspecified atom stereocenters. The van der Waals surface area contributed by atoms with Gasteiger partial charge in [-0.25, -0.2) is 4.68 Å². The second kappa shape index (κ2) is 10.6. The Balaban J connectivity index is 1.48. The summed E-state index contributed by atoms with van der Waals surface area (Å²) in [7, 11) is 1.81. The average molecular weight is 479 g/mol. The molecule has 2 amide bonds. The molecule has 4 aromatic rings. The number of likely N-dealkylation sites (N-methyl/N-ethyl adjacent to an activating group) is 1. The molecule has 0 bridgehead atoms. The highest BCUT2D eigenvalue weighted by molar-refractivity contribution is 5.89. The zero-order chi connectivity index (χ0) is 24.9. The van der Waals surface area contributed by atoms with E-state index in [1.165, 1.54) is 0 Å². The number of rotatable bonds is 7. The number of para-hydroxylation sites is 1. The van der Waals surface area contributed by atoms with Crippen LogP contribution in [0.2, 0.25) is 0 Å². The van der Waals surface area contributed by atoms with E-state index < -0.39 is 6.04 Å². The molecule has 1 atom stereocenters. The van der Waals surface area contributed by atoms with E-state index in [1.54, 1.807) is 16.8 Å². The van der Waals surface area contributed by atoms with Crippen molar-refractivity contribution in [3.05, 3.63) is 108 Å². The van der Waals surface area contributed by atoms with E-state index >= 15 is 0 Å². The summed E-state index contributed by atoms with van der Waals surface area (Å²) in [4.78, 5) is 30.2. The van der Waals surface area contributed by atoms with E-state index in [1.807, 2.05) is 102 Å². The lowest BCUT2D eigenvalue weighted by Crippen LogP contribution is -2.46. The first-order valence-electron chi connectivity index (χ1n) is 12.4. The molecule has 0 radical (unpaired) electrons. The Bertz CT molecular complexity index is 1320. The van der Waals surface area contributed by atoms with Crippen LogP contribution in [0.4, 0.5) is 0 Å². The first-order valence-corrected chi connectivity index (χ1v) is 12.4. The van der Waals surface area contributed by atoms with E-state index in [2.05, 4.69) is 0 Å². The van der Waals surface area contributed by atoms with E-state index in [0.717, 1.165) is 40.9 Å². The van der Waals surface area contributed by atoms with Crippen LogP contribution >= 0.6 is 0 Å². The normalized spacial score (nSPS) is 14.5. The number of hydrogen-bond donors (Lipinski definition) is 0. The molecule has 1 fully saturated rings. The van der Waals surface area contributed by atoms with Crippen LogP contribution < -0.4 is 0 Å². The third-order valence-corrected chi connectivity index (χ3v) is 6.66. The highest BCUT2D eigenvalue weighted by Gasteiger charge is 2.34. The fourth-order valence-corrected chi connectivity index (χ4v) is 4.81. The largest absolute Gasteiger partial charge is 0.339 e. The Morgan fingerprint density at radius 2 is 1.56 bits per heavy atom. The third kappa shape index (κ3) is 4.93. The summed E-state index contributed by atoms with van der Waals surface area (Å²) in [6, 6.07) is 29.0. The standard InChI is InChI=1S/C30H30N4O2/c1-32(30(36)29(24-15-7-3-8-16-24)33-20-12-11-19-27(33)35)21-25-22-34(26-17-9-4-10-18-26)31-28(25)23-13-5-2-6-14-23/h2-10,13-18,22,29H,11-12,19-21H2,1H3. The van der Waals surface area contributed by atoms with Gasteiger partial charge >= 0.3 is 0 Å². The fraction of sp³-hybridized carbons (Fsp3) is 0.233. The molecule has 0 saturated carbocycles. The Hall–Kier alpha value is -4.19. The number of piperidine rings is 1. The minimum Gasteiger partial charge on any atom is -0.339 e. The van der Waals surface area contributed by atoms with Gasteiger partial charge in [0.2, 0.25) is 11.8 Å². The van der Waals surface area contributed by atoms with Crippen molar-refractivity contribution < 1.29 is 9.59 Å². The van der Waals surface area contributed by atoms with Gasteiger partial charge in [-0.05, 0) is 30.5 Å². The van der Waals surface area contributed by atoms with Crippen LogP contribution in [0.25, 0.3) is 16.9 Å². The lowest BCUT2D eigenvalue weighted by molar-refractivity contribution is -0.147. The minimum atomic E-state index is -0.631. The molecule has 5 rings (SSSR count). The van der Waals surface area contributed by atoms with Gasteiger partial charge in [-0.2, -0.15) is 5.10 Å². The van der Waals surface area contributed by atoms with Gasteiger partial charge in [0.1, 0.15) is 6.04 Å². The van der Waals surface area contributed by atoms with Crippen molar-refractivity contribution in [3.8, 4) is 16.9 Å². The maximum Gasteiger partial charge on any atom is 0.250 e. The zero-order valence-corrected chi connectivity index (χ0v) is 20.5. The number of carbonyl (C=O) groups excluding carboxylic acids is 2. The molecule has 6 nitrogen and oxygen atoms in total. The summed E-state index contributed by atoms with van der Waals surface area (Å²) >= 11 is 0. The van der Waals surface area contributed by atoms with Crippen LogP contribution in [0.15, 0.2) is 97.2 Å². The van der Waals surface area contributed by atoms with Crippen LogP contribution in [0.1, 0.15) is 36.4 Å². The van der Waals surface area contributed by atoms with Crippen molar-refractivity contribution in [1.82, 2.24) is 19.6 Å². The topological polar surface area (TPSA) is 58.4 Å². The van der Waals surface area contributed by atoms with Crippen LogP contribution in [-0.4, -0.2) is 45.0 Å². The van der Waals surface area contributed by atoms with Gasteiger partial charge in [0.25, 0.3) is 0 Å². The van der Waals surface area contributed by atoms with Crippen LogP contribution in [-0.2, 0) is 16.1 Å². The van der Waals surface area contributed by atoms with Crippen molar-refractivity contribution in [3.63, 3.8) is 0 Å². The second-order valence-corrected chi connectivity index (χ2v) is 9.20. The molecule has 1 aromatic heterocycles. The predicted molar refractivity (Wildman–Crippen MR) is 140 cm³/mol. The van der Waals surface area contributed by atoms with E-state index in [-0.39, 0.29) is 11.8 Å². The Morgan fingerprint density at radius 1 is 0.917 bits per heavy atom. The van der Waals surface area contributed by atoms with Gasteiger partial charge in [0, 0.05) is 43.9 Å². The first-order chi connectivity index (χ1) is 17.6. The van der Waals surface area contributed by atoms with E-state index in [4.69, 9.17) is 5.10 Å². The third-order valence-electron chi connectivity index (χ3n) is 6.66. The Morgan fingerprint density at radius 3 is 2.22 bits per heavy atom. The summed E-state index contributed by atoms with van der Waals surface area (Å²) in [6.07, 6.45) is 4.27. The number of carbonyl (C=O) groups is 2. The molecule has 3 aromatic carbocycles. The maximum atomic E-state index is 13.9. The second-order valence-electron chi connectivity index (χ2n) is 9.20. The van der Waals surface area contributed by atoms with Crippen molar-refractivity contribution in [2.45, 2.75) is 31.8 Å². The summed E-state index contributed by atoms with van der Waals surface area (Å²) in [5.41, 5.74) is 4.57. The summed E-state index contributed by atoms with van der Waals surface area (Å²) in [6.45, 7) is 0.973. The van der Waals surface area contributed by atoms with Crippen molar-refractivity contribution in [2.24, 2.45) is 0 Å². The van der Waals surface area contributed by atoms with Gasteiger partial charge < -0.3 is 9.80 Å². The lowest BCUT2D eigenvalue weighted by Gasteiger charge is -2.36. The van der Waals surface area contributed by atoms with Crippen molar-refractivity contribution in [1.29, 1.82) is 0 Å². The molecule has 0 aliphatic carbocycles. The number of likely N-dealkylation sites (tertiary alicyclic amines) is 1. The van der Waals surface area contributed by atoms with Gasteiger partial charge in [-0.15, -0.1) is 0 Å². The zero-order valence-electron chi connectivity index (χ0n) is 20.5. The minimum absolute atomic E-state index is 0.0405. The van der Waals surface area contributed by atoms with Crippen molar-refractivity contribution in [2.75, 3.05) is 13.6 Å². The summed E-state index contributed by atoms with van der Waals surface area (Å²) < 4.78 is 1.86. The number of nitrogens with zero attached hydrogens (tertiary/aromatic N) is 4. The van der Waals surface area contributed by atoms with Gasteiger partial charge in [0.05, 0.1) is 11.4 Å². The SMILES string of the molecule is CN(Cc1cn(-c2ccccc2)nc1-c1ccccc1)C(=O)C(c1ccccc1)N1CCCCC1=O. The molecule has 0 N–H and O–H groups in total. The predicted octanol–water partition coefficient (Wildman–Crippen LogP) is 5.25. The highest BCUT2D eigenvalue weighted by Crippen LogP contribution is 2.29. The molecule has 6 heteroatoms. The molecule has 0 spiro atoms. The van der Waals surface area contributed by atoms with Crippen LogP contribution in [0.5, 0.6) is 0 Å². The molecule has 1 saturated heterocycles. The average Bonchev–Trinajstić information content (AvgIpc) is 3.35. The smallest absolute Gasteiger partial charge is 0.250 e. The van der Waals surface area contributed by atoms with Crippen molar-refractivity contribution >= 4 is 11.8 Å². The number of benzene rings is 3. The lowest BCUT2D eigenvalue weighted by atomic mass is 9.99. The highest BCUT2D eigenvalue weighted by atomic mass is 16.2. The van der Waals surface area contributed by atoms with Crippen LogP contribution in [0.3, 0.4) is 0 Å². The molecular formula is C30H30N4O2. The van der Waals surface area contributed by atoms with Gasteiger partial charge in [0.15, 0.2) is 0 Å². The summed E-state index contributed by atoms with van der Waals surface area (Å²) in [5.74, 6) is -0.0540. The van der Waals surface area contributed by atoms with Crippen LogP contribution in [0, 0.1) is 0 Å². The quantitative estimate of drug-likeness (QED) is 0.364. The fourth-order valence-electron chi connectivity index (χ4n) is 4.81. The molecule has 36 heavy (non-hydrogen) atoms. The van der Waals surface area contributed by atoms with E-state index in [9.17, 15) is 9.59 Å². The molecule has 1 aliphatic rings. The number of hydrogen-bond acceptors (Lipinski definition) is 3. The molecule has 2 heterocycles. The Kier molecular flexibility index (Phi) is 6.94. The maximum absolute atomic E-state index is 13.9. The van der Waals surface area contributed by atoms with E-state index in [0.29, 0.717) is 19.5 Å².